The standard InChI is InChI=1S/C14H14N6O5S2/c1-2-4-25-18-7(9-17-14(15)27-19-9)10(21)16-8-11(22)20-6(13(23)24)3-5-26-12(8)20/h2-3,8,12H,1,4-5H2,(H,16,21)(H,23,24)(H2,15,17,19)/b18-7-/t8?,12-/m1/s1. The number of hydrogen-bond acceptors (Lipinski definition) is 10. The van der Waals surface area contributed by atoms with Crippen LogP contribution in [-0.4, -0.2) is 66.6 Å². The zero-order chi connectivity index (χ0) is 19.6. The largest absolute Gasteiger partial charge is 0.477 e. The van der Waals surface area contributed by atoms with Gasteiger partial charge in [-0.3, -0.25) is 14.5 Å². The van der Waals surface area contributed by atoms with Gasteiger partial charge in [0.2, 0.25) is 11.5 Å². The van der Waals surface area contributed by atoms with Crippen molar-refractivity contribution in [2.45, 2.75) is 11.4 Å². The Hall–Kier alpha value is -2.93. The van der Waals surface area contributed by atoms with Crippen molar-refractivity contribution in [2.75, 3.05) is 18.1 Å². The van der Waals surface area contributed by atoms with Crippen LogP contribution in [0.5, 0.6) is 0 Å². The molecule has 27 heavy (non-hydrogen) atoms. The molecule has 1 aromatic rings. The first-order chi connectivity index (χ1) is 12.9. The Bertz CT molecular complexity index is 866. The number of nitrogen functional groups attached to an aromatic ring is 1. The lowest BCUT2D eigenvalue weighted by molar-refractivity contribution is -0.150. The number of aromatic nitrogens is 2. The van der Waals surface area contributed by atoms with E-state index in [1.165, 1.54) is 23.9 Å². The van der Waals surface area contributed by atoms with Crippen LogP contribution in [0.2, 0.25) is 0 Å². The van der Waals surface area contributed by atoms with Crippen molar-refractivity contribution >= 4 is 51.9 Å². The number of oxime groups is 1. The topological polar surface area (TPSA) is 160 Å². The van der Waals surface area contributed by atoms with Crippen LogP contribution in [0, 0.1) is 0 Å². The molecular weight excluding hydrogens is 396 g/mol. The highest BCUT2D eigenvalue weighted by atomic mass is 32.2. The molecule has 0 aromatic carbocycles. The van der Waals surface area contributed by atoms with E-state index in [4.69, 9.17) is 10.6 Å². The van der Waals surface area contributed by atoms with E-state index in [0.717, 1.165) is 16.4 Å². The van der Waals surface area contributed by atoms with Crippen LogP contribution >= 0.6 is 23.3 Å². The molecule has 0 aliphatic carbocycles. The minimum Gasteiger partial charge on any atom is -0.477 e. The summed E-state index contributed by atoms with van der Waals surface area (Å²) in [5.74, 6) is -2.07. The van der Waals surface area contributed by atoms with Gasteiger partial charge in [0, 0.05) is 17.3 Å². The summed E-state index contributed by atoms with van der Waals surface area (Å²) in [4.78, 5) is 46.2. The first-order valence-electron chi connectivity index (χ1n) is 7.53. The number of carbonyl (C=O) groups excluding carboxylic acids is 2. The van der Waals surface area contributed by atoms with Crippen molar-refractivity contribution in [1.82, 2.24) is 19.6 Å². The van der Waals surface area contributed by atoms with E-state index in [1.807, 2.05) is 0 Å². The Balaban J connectivity index is 1.76. The molecule has 142 valence electrons. The maximum atomic E-state index is 12.6. The number of β-lactam (4-membered cyclic amide) rings is 1. The molecule has 13 heteroatoms. The summed E-state index contributed by atoms with van der Waals surface area (Å²) < 4.78 is 3.92. The Labute approximate surface area is 161 Å². The first-order valence-corrected chi connectivity index (χ1v) is 9.35. The smallest absolute Gasteiger partial charge is 0.352 e. The highest BCUT2D eigenvalue weighted by Crippen LogP contribution is 2.37. The second kappa shape index (κ2) is 7.75. The van der Waals surface area contributed by atoms with Gasteiger partial charge in [-0.05, 0) is 6.08 Å². The minimum atomic E-state index is -1.19. The number of thioether (sulfide) groups is 1. The van der Waals surface area contributed by atoms with Crippen LogP contribution in [0.1, 0.15) is 5.82 Å². The van der Waals surface area contributed by atoms with Crippen molar-refractivity contribution < 1.29 is 24.3 Å². The van der Waals surface area contributed by atoms with Crippen molar-refractivity contribution in [1.29, 1.82) is 0 Å². The summed E-state index contributed by atoms with van der Waals surface area (Å²) in [6.07, 6.45) is 2.89. The molecule has 2 aliphatic heterocycles. The molecular formula is C14H14N6O5S2. The summed E-state index contributed by atoms with van der Waals surface area (Å²) in [6.45, 7) is 3.53. The zero-order valence-corrected chi connectivity index (χ0v) is 15.3. The highest BCUT2D eigenvalue weighted by molar-refractivity contribution is 8.00. The van der Waals surface area contributed by atoms with E-state index >= 15 is 0 Å². The van der Waals surface area contributed by atoms with E-state index < -0.39 is 29.2 Å². The van der Waals surface area contributed by atoms with E-state index in [2.05, 4.69) is 26.4 Å². The molecule has 4 N–H and O–H groups in total. The fourth-order valence-corrected chi connectivity index (χ4v) is 4.05. The normalized spacial score (nSPS) is 21.6. The van der Waals surface area contributed by atoms with Crippen LogP contribution < -0.4 is 11.1 Å². The fourth-order valence-electron chi connectivity index (χ4n) is 2.42. The maximum Gasteiger partial charge on any atom is 0.352 e. The van der Waals surface area contributed by atoms with Crippen molar-refractivity contribution in [3.8, 4) is 0 Å². The van der Waals surface area contributed by atoms with Crippen LogP contribution in [0.15, 0.2) is 29.6 Å². The maximum absolute atomic E-state index is 12.6. The number of nitrogens with zero attached hydrogens (tertiary/aromatic N) is 4. The molecule has 1 aromatic heterocycles. The molecule has 3 rings (SSSR count). The summed E-state index contributed by atoms with van der Waals surface area (Å²) in [5, 5.41) is 15.0. The van der Waals surface area contributed by atoms with E-state index in [1.54, 1.807) is 0 Å². The second-order valence-electron chi connectivity index (χ2n) is 5.26. The molecule has 2 atom stereocenters. The minimum absolute atomic E-state index is 0.0369. The number of carboxylic acids is 1. The third kappa shape index (κ3) is 3.64. The lowest BCUT2D eigenvalue weighted by atomic mass is 10.0. The molecule has 0 spiro atoms. The predicted molar refractivity (Wildman–Crippen MR) is 97.7 cm³/mol. The lowest BCUT2D eigenvalue weighted by Crippen LogP contribution is -2.70. The van der Waals surface area contributed by atoms with Gasteiger partial charge in [0.15, 0.2) is 5.13 Å². The molecule has 0 bridgehead atoms. The summed E-state index contributed by atoms with van der Waals surface area (Å²) in [6, 6.07) is -0.897. The first kappa shape index (κ1) is 18.8. The number of nitrogens with one attached hydrogen (secondary N) is 1. The quantitative estimate of drug-likeness (QED) is 0.175. The molecule has 11 nitrogen and oxygen atoms in total. The van der Waals surface area contributed by atoms with Crippen molar-refractivity contribution in [3.05, 3.63) is 30.3 Å². The van der Waals surface area contributed by atoms with Gasteiger partial charge in [-0.2, -0.15) is 9.36 Å². The Morgan fingerprint density at radius 3 is 3.00 bits per heavy atom. The van der Waals surface area contributed by atoms with E-state index in [0.29, 0.717) is 5.75 Å². The number of anilines is 1. The van der Waals surface area contributed by atoms with E-state index in [-0.39, 0.29) is 29.0 Å². The molecule has 0 saturated carbocycles. The zero-order valence-electron chi connectivity index (χ0n) is 13.7. The third-order valence-corrected chi connectivity index (χ3v) is 5.30. The number of fused-ring (bicyclic) bond motifs is 1. The molecule has 2 aliphatic rings. The van der Waals surface area contributed by atoms with Gasteiger partial charge in [-0.25, -0.2) is 4.79 Å². The van der Waals surface area contributed by atoms with Crippen LogP contribution in [0.4, 0.5) is 5.13 Å². The summed E-state index contributed by atoms with van der Waals surface area (Å²) >= 11 is 2.22. The van der Waals surface area contributed by atoms with Crippen molar-refractivity contribution in [2.24, 2.45) is 5.16 Å². The summed E-state index contributed by atoms with van der Waals surface area (Å²) in [5.41, 5.74) is 5.20. The van der Waals surface area contributed by atoms with Gasteiger partial charge in [0.25, 0.3) is 11.8 Å². The van der Waals surface area contributed by atoms with E-state index in [9.17, 15) is 19.5 Å². The summed E-state index contributed by atoms with van der Waals surface area (Å²) in [7, 11) is 0. The van der Waals surface area contributed by atoms with Gasteiger partial charge >= 0.3 is 5.97 Å². The fraction of sp³-hybridized carbons (Fsp3) is 0.286. The average Bonchev–Trinajstić information content (AvgIpc) is 3.08. The van der Waals surface area contributed by atoms with Crippen molar-refractivity contribution in [3.63, 3.8) is 0 Å². The number of carboxylic acid groups (broad SMARTS) is 1. The lowest BCUT2D eigenvalue weighted by Gasteiger charge is -2.48. The third-order valence-electron chi connectivity index (χ3n) is 3.57. The number of aliphatic carboxylic acids is 1. The number of rotatable bonds is 7. The predicted octanol–water partition coefficient (Wildman–Crippen LogP) is -0.605. The molecule has 3 heterocycles. The van der Waals surface area contributed by atoms with Crippen LogP contribution in [0.3, 0.4) is 0 Å². The Morgan fingerprint density at radius 1 is 1.59 bits per heavy atom. The average molecular weight is 410 g/mol. The van der Waals surface area contributed by atoms with Gasteiger partial charge in [-0.1, -0.05) is 17.8 Å². The van der Waals surface area contributed by atoms with Crippen LogP contribution in [-0.2, 0) is 19.2 Å². The Kier molecular flexibility index (Phi) is 5.41. The molecule has 0 radical (unpaired) electrons. The molecule has 1 fully saturated rings. The molecule has 2 amide bonds. The monoisotopic (exact) mass is 410 g/mol. The van der Waals surface area contributed by atoms with Gasteiger partial charge < -0.3 is 21.0 Å². The highest BCUT2D eigenvalue weighted by Gasteiger charge is 2.53. The molecule has 1 saturated heterocycles. The van der Waals surface area contributed by atoms with Gasteiger partial charge in [0.05, 0.1) is 0 Å². The number of carbonyl (C=O) groups is 3. The SMILES string of the molecule is C=CCO/N=C(\C(=O)NC1C(=O)N2C(C(=O)O)=CCS[C@H]12)c1nsc(N)n1. The van der Waals surface area contributed by atoms with Gasteiger partial charge in [-0.15, -0.1) is 11.8 Å². The number of amides is 2. The van der Waals surface area contributed by atoms with Crippen LogP contribution in [0.25, 0.3) is 0 Å². The Morgan fingerprint density at radius 2 is 2.37 bits per heavy atom. The van der Waals surface area contributed by atoms with Gasteiger partial charge in [0.1, 0.15) is 23.7 Å². The molecule has 1 unspecified atom stereocenters. The second-order valence-corrected chi connectivity index (χ2v) is 7.19. The number of nitrogens with two attached hydrogens (primary N) is 1. The number of hydrogen-bond donors (Lipinski definition) is 3.